The summed E-state index contributed by atoms with van der Waals surface area (Å²) in [4.78, 5) is 52.3. The minimum Gasteiger partial charge on any atom is -0.457 e. The van der Waals surface area contributed by atoms with Crippen LogP contribution in [0.15, 0.2) is 24.3 Å². The highest BCUT2D eigenvalue weighted by Gasteiger charge is 2.61. The molecule has 2 amide bonds. The normalized spacial score (nSPS) is 34.2. The van der Waals surface area contributed by atoms with Gasteiger partial charge >= 0.3 is 5.97 Å². The molecular weight excluding hydrogens is 394 g/mol. The lowest BCUT2D eigenvalue weighted by molar-refractivity contribution is -0.149. The van der Waals surface area contributed by atoms with Gasteiger partial charge in [-0.2, -0.15) is 0 Å². The van der Waals surface area contributed by atoms with Gasteiger partial charge in [0.15, 0.2) is 12.4 Å². The summed E-state index contributed by atoms with van der Waals surface area (Å²) in [6.07, 6.45) is 5.65. The molecule has 4 fully saturated rings. The molecule has 4 atom stereocenters. The molecule has 0 radical (unpaired) electrons. The van der Waals surface area contributed by atoms with E-state index in [4.69, 9.17) is 4.74 Å². The van der Waals surface area contributed by atoms with Crippen molar-refractivity contribution in [2.75, 3.05) is 6.61 Å². The van der Waals surface area contributed by atoms with Crippen LogP contribution < -0.4 is 0 Å². The first-order valence-electron chi connectivity index (χ1n) is 11.6. The maximum atomic E-state index is 13.0. The van der Waals surface area contributed by atoms with Crippen LogP contribution in [0.2, 0.25) is 0 Å². The zero-order chi connectivity index (χ0) is 21.7. The molecule has 1 heterocycles. The van der Waals surface area contributed by atoms with E-state index in [2.05, 4.69) is 0 Å². The van der Waals surface area contributed by atoms with E-state index in [1.165, 1.54) is 0 Å². The molecule has 1 aromatic carbocycles. The second kappa shape index (κ2) is 7.88. The number of fused-ring (bicyclic) bond motifs is 5. The fourth-order valence-electron chi connectivity index (χ4n) is 6.44. The molecule has 4 aliphatic rings. The van der Waals surface area contributed by atoms with Gasteiger partial charge in [0.25, 0.3) is 0 Å². The standard InChI is InChI=1S/C25H29NO5/c1-14-2-4-15(5-3-14)20(27)13-31-25(30)16-8-10-19(11-9-16)26-23(28)21-17-6-7-18(12-17)22(21)24(26)29/h2-5,16-19,21-22H,6-13H2,1H3/t16?,17-,18-,19?,21-,22-/m0/s1. The van der Waals surface area contributed by atoms with Crippen LogP contribution in [-0.4, -0.2) is 41.1 Å². The van der Waals surface area contributed by atoms with Gasteiger partial charge in [0.2, 0.25) is 11.8 Å². The summed E-state index contributed by atoms with van der Waals surface area (Å²) in [5.74, 6) is -0.130. The number of carbonyl (C=O) groups excluding carboxylic acids is 4. The first kappa shape index (κ1) is 20.4. The number of Topliss-reactive ketones (excluding diaryl/α,β-unsaturated/α-hetero) is 1. The highest BCUT2D eigenvalue weighted by Crippen LogP contribution is 2.56. The number of likely N-dealkylation sites (tertiary alicyclic amines) is 1. The maximum absolute atomic E-state index is 13.0. The lowest BCUT2D eigenvalue weighted by atomic mass is 9.81. The van der Waals surface area contributed by atoms with E-state index >= 15 is 0 Å². The van der Waals surface area contributed by atoms with E-state index in [1.807, 2.05) is 19.1 Å². The van der Waals surface area contributed by atoms with Crippen molar-refractivity contribution in [2.24, 2.45) is 29.6 Å². The molecule has 2 bridgehead atoms. The lowest BCUT2D eigenvalue weighted by Gasteiger charge is -2.33. The van der Waals surface area contributed by atoms with Gasteiger partial charge in [-0.3, -0.25) is 24.1 Å². The number of rotatable bonds is 5. The molecule has 5 rings (SSSR count). The van der Waals surface area contributed by atoms with E-state index in [-0.39, 0.29) is 54.0 Å². The van der Waals surface area contributed by atoms with Crippen molar-refractivity contribution in [2.45, 2.75) is 57.9 Å². The van der Waals surface area contributed by atoms with E-state index < -0.39 is 0 Å². The lowest BCUT2D eigenvalue weighted by Crippen LogP contribution is -2.44. The number of ketones is 1. The Labute approximate surface area is 182 Å². The van der Waals surface area contributed by atoms with Crippen molar-refractivity contribution in [1.29, 1.82) is 0 Å². The van der Waals surface area contributed by atoms with E-state index in [9.17, 15) is 19.2 Å². The fourth-order valence-corrected chi connectivity index (χ4v) is 6.44. The Morgan fingerprint density at radius 1 is 0.903 bits per heavy atom. The Morgan fingerprint density at radius 3 is 2.06 bits per heavy atom. The molecule has 6 nitrogen and oxygen atoms in total. The Bertz CT molecular complexity index is 886. The van der Waals surface area contributed by atoms with E-state index in [1.54, 1.807) is 17.0 Å². The Balaban J connectivity index is 1.13. The van der Waals surface area contributed by atoms with Gasteiger partial charge < -0.3 is 4.74 Å². The van der Waals surface area contributed by atoms with Gasteiger partial charge in [0, 0.05) is 11.6 Å². The number of hydrogen-bond acceptors (Lipinski definition) is 5. The number of aryl methyl sites for hydroxylation is 1. The smallest absolute Gasteiger partial charge is 0.309 e. The van der Waals surface area contributed by atoms with Crippen LogP contribution in [0.5, 0.6) is 0 Å². The molecule has 0 aromatic heterocycles. The van der Waals surface area contributed by atoms with Crippen LogP contribution in [0.1, 0.15) is 60.9 Å². The minimum atomic E-state index is -0.354. The molecule has 1 aromatic rings. The second-order valence-corrected chi connectivity index (χ2v) is 9.83. The number of benzene rings is 1. The second-order valence-electron chi connectivity index (χ2n) is 9.83. The molecule has 6 heteroatoms. The summed E-state index contributed by atoms with van der Waals surface area (Å²) in [6.45, 7) is 1.70. The van der Waals surface area contributed by atoms with Crippen molar-refractivity contribution in [3.05, 3.63) is 35.4 Å². The van der Waals surface area contributed by atoms with Crippen molar-refractivity contribution in [3.63, 3.8) is 0 Å². The molecule has 164 valence electrons. The van der Waals surface area contributed by atoms with E-state index in [0.717, 1.165) is 24.8 Å². The average Bonchev–Trinajstić information content (AvgIpc) is 3.46. The summed E-state index contributed by atoms with van der Waals surface area (Å²) in [7, 11) is 0. The zero-order valence-electron chi connectivity index (χ0n) is 17.9. The van der Waals surface area contributed by atoms with Gasteiger partial charge in [-0.15, -0.1) is 0 Å². The quantitative estimate of drug-likeness (QED) is 0.412. The molecule has 1 saturated heterocycles. The molecule has 0 spiro atoms. The van der Waals surface area contributed by atoms with Crippen LogP contribution in [0.3, 0.4) is 0 Å². The van der Waals surface area contributed by atoms with E-state index in [0.29, 0.717) is 43.1 Å². The largest absolute Gasteiger partial charge is 0.457 e. The number of nitrogens with zero attached hydrogens (tertiary/aromatic N) is 1. The SMILES string of the molecule is Cc1ccc(C(=O)COC(=O)C2CCC(N3C(=O)[C@H]4[C@H]5CC[C@@H](C5)[C@@H]4C3=O)CC2)cc1. The molecule has 0 unspecified atom stereocenters. The van der Waals surface area contributed by atoms with Gasteiger partial charge in [-0.05, 0) is 63.7 Å². The summed E-state index contributed by atoms with van der Waals surface area (Å²) >= 11 is 0. The summed E-state index contributed by atoms with van der Waals surface area (Å²) < 4.78 is 5.29. The van der Waals surface area contributed by atoms with Gasteiger partial charge in [0.1, 0.15) is 0 Å². The van der Waals surface area contributed by atoms with Crippen molar-refractivity contribution in [1.82, 2.24) is 4.90 Å². The van der Waals surface area contributed by atoms with Crippen LogP contribution >= 0.6 is 0 Å². The number of ether oxygens (including phenoxy) is 1. The number of imide groups is 1. The topological polar surface area (TPSA) is 80.8 Å². The highest BCUT2D eigenvalue weighted by molar-refractivity contribution is 6.06. The van der Waals surface area contributed by atoms with Crippen molar-refractivity contribution < 1.29 is 23.9 Å². The Kier molecular flexibility index (Phi) is 5.19. The van der Waals surface area contributed by atoms with Gasteiger partial charge in [-0.25, -0.2) is 0 Å². The maximum Gasteiger partial charge on any atom is 0.309 e. The first-order chi connectivity index (χ1) is 14.9. The number of amides is 2. The van der Waals surface area contributed by atoms with Crippen molar-refractivity contribution >= 4 is 23.6 Å². The molecule has 3 saturated carbocycles. The molecular formula is C25H29NO5. The Morgan fingerprint density at radius 2 is 1.48 bits per heavy atom. The van der Waals surface area contributed by atoms with Crippen LogP contribution in [0.4, 0.5) is 0 Å². The third-order valence-corrected chi connectivity index (χ3v) is 8.08. The summed E-state index contributed by atoms with van der Waals surface area (Å²) in [5.41, 5.74) is 1.60. The fraction of sp³-hybridized carbons (Fsp3) is 0.600. The molecule has 31 heavy (non-hydrogen) atoms. The van der Waals surface area contributed by atoms with Crippen LogP contribution in [0.25, 0.3) is 0 Å². The first-order valence-corrected chi connectivity index (χ1v) is 11.6. The minimum absolute atomic E-state index is 0.0388. The molecule has 1 aliphatic heterocycles. The third-order valence-electron chi connectivity index (χ3n) is 8.08. The van der Waals surface area contributed by atoms with Gasteiger partial charge in [0.05, 0.1) is 17.8 Å². The number of hydrogen-bond donors (Lipinski definition) is 0. The number of esters is 1. The predicted octanol–water partition coefficient (Wildman–Crippen LogP) is 3.31. The van der Waals surface area contributed by atoms with Gasteiger partial charge in [-0.1, -0.05) is 29.8 Å². The Hall–Kier alpha value is -2.50. The third kappa shape index (κ3) is 3.50. The van der Waals surface area contributed by atoms with Crippen molar-refractivity contribution in [3.8, 4) is 0 Å². The summed E-state index contributed by atoms with van der Waals surface area (Å²) in [5, 5.41) is 0. The average molecular weight is 424 g/mol. The van der Waals surface area contributed by atoms with Crippen LogP contribution in [0, 0.1) is 36.5 Å². The summed E-state index contributed by atoms with van der Waals surface area (Å²) in [6, 6.07) is 7.10. The predicted molar refractivity (Wildman–Crippen MR) is 112 cm³/mol. The monoisotopic (exact) mass is 423 g/mol. The zero-order valence-corrected chi connectivity index (χ0v) is 17.9. The molecule has 0 N–H and O–H groups in total. The number of carbonyl (C=O) groups is 4. The molecule has 3 aliphatic carbocycles. The van der Waals surface area contributed by atoms with Crippen LogP contribution in [-0.2, 0) is 19.1 Å². The highest BCUT2D eigenvalue weighted by atomic mass is 16.5.